The summed E-state index contributed by atoms with van der Waals surface area (Å²) < 4.78 is 6.61. The third-order valence-corrected chi connectivity index (χ3v) is 8.20. The van der Waals surface area contributed by atoms with E-state index in [-0.39, 0.29) is 0 Å². The van der Waals surface area contributed by atoms with Crippen molar-refractivity contribution in [3.05, 3.63) is 134 Å². The van der Waals surface area contributed by atoms with Crippen molar-refractivity contribution < 1.29 is 4.42 Å². The van der Waals surface area contributed by atoms with Gasteiger partial charge in [-0.3, -0.25) is 0 Å². The molecule has 0 unspecified atom stereocenters. The number of hydrogen-bond acceptors (Lipinski definition) is 3. The summed E-state index contributed by atoms with van der Waals surface area (Å²) in [5, 5.41) is 9.75. The van der Waals surface area contributed by atoms with Crippen molar-refractivity contribution in [2.75, 3.05) is 4.90 Å². The van der Waals surface area contributed by atoms with Gasteiger partial charge in [0.2, 0.25) is 5.71 Å². The minimum Gasteiger partial charge on any atom is -0.437 e. The molecular formula is C37H22N2O. The third kappa shape index (κ3) is 2.92. The predicted molar refractivity (Wildman–Crippen MR) is 167 cm³/mol. The standard InChI is InChI=1S/C37H22N2O/c1-3-11-26(12-4-1)39(27-13-5-2-6-14-27)28-15-7-10-24(21-28)31-22-25-18-17-23-9-8-16-29-30-19-20-38-37-34(30)35(36(31)40-37)33(25)32(23)29/h1-22H. The van der Waals surface area contributed by atoms with Gasteiger partial charge in [-0.25, -0.2) is 4.98 Å². The number of nitrogens with zero attached hydrogens (tertiary/aromatic N) is 2. The molecule has 2 heterocycles. The molecule has 40 heavy (non-hydrogen) atoms. The molecule has 0 saturated carbocycles. The summed E-state index contributed by atoms with van der Waals surface area (Å²) in [4.78, 5) is 6.96. The molecule has 0 atom stereocenters. The van der Waals surface area contributed by atoms with E-state index in [2.05, 4.69) is 137 Å². The van der Waals surface area contributed by atoms with Crippen molar-refractivity contribution in [3.8, 4) is 11.1 Å². The fourth-order valence-corrected chi connectivity index (χ4v) is 6.53. The average Bonchev–Trinajstić information content (AvgIpc) is 3.42. The topological polar surface area (TPSA) is 29.3 Å². The molecule has 7 aromatic carbocycles. The summed E-state index contributed by atoms with van der Waals surface area (Å²) in [6.07, 6.45) is 1.86. The molecular weight excluding hydrogens is 488 g/mol. The Bertz CT molecular complexity index is 2280. The zero-order chi connectivity index (χ0) is 26.2. The summed E-state index contributed by atoms with van der Waals surface area (Å²) in [5.41, 5.74) is 7.09. The van der Waals surface area contributed by atoms with E-state index < -0.39 is 0 Å². The molecule has 0 amide bonds. The number of benzene rings is 7. The Hall–Kier alpha value is -5.41. The van der Waals surface area contributed by atoms with Crippen LogP contribution in [0.15, 0.2) is 138 Å². The molecule has 0 bridgehead atoms. The van der Waals surface area contributed by atoms with Crippen molar-refractivity contribution in [1.82, 2.24) is 4.98 Å². The minimum atomic E-state index is 0.694. The highest BCUT2D eigenvalue weighted by atomic mass is 16.3. The van der Waals surface area contributed by atoms with Gasteiger partial charge in [0.05, 0.1) is 5.39 Å². The van der Waals surface area contributed by atoms with Crippen LogP contribution in [0.25, 0.3) is 65.5 Å². The Morgan fingerprint density at radius 2 is 1.20 bits per heavy atom. The van der Waals surface area contributed by atoms with Crippen molar-refractivity contribution in [2.45, 2.75) is 0 Å². The summed E-state index contributed by atoms with van der Waals surface area (Å²) >= 11 is 0. The lowest BCUT2D eigenvalue weighted by Gasteiger charge is -2.26. The Morgan fingerprint density at radius 1 is 0.500 bits per heavy atom. The maximum absolute atomic E-state index is 6.61. The van der Waals surface area contributed by atoms with Crippen LogP contribution in [0.1, 0.15) is 0 Å². The fourth-order valence-electron chi connectivity index (χ4n) is 6.53. The summed E-state index contributed by atoms with van der Waals surface area (Å²) in [6.45, 7) is 0. The molecule has 0 aliphatic heterocycles. The van der Waals surface area contributed by atoms with Crippen molar-refractivity contribution in [3.63, 3.8) is 0 Å². The van der Waals surface area contributed by atoms with E-state index in [0.29, 0.717) is 5.71 Å². The van der Waals surface area contributed by atoms with E-state index in [9.17, 15) is 0 Å². The maximum atomic E-state index is 6.61. The van der Waals surface area contributed by atoms with Crippen LogP contribution in [0.4, 0.5) is 17.1 Å². The Labute approximate surface area is 230 Å². The first-order chi connectivity index (χ1) is 19.8. The zero-order valence-corrected chi connectivity index (χ0v) is 21.5. The van der Waals surface area contributed by atoms with E-state index in [0.717, 1.165) is 39.2 Å². The highest BCUT2D eigenvalue weighted by Crippen LogP contribution is 2.49. The molecule has 9 aromatic rings. The highest BCUT2D eigenvalue weighted by molar-refractivity contribution is 6.40. The number of anilines is 3. The Balaban J connectivity index is 1.35. The molecule has 2 aromatic heterocycles. The van der Waals surface area contributed by atoms with Crippen LogP contribution in [0.5, 0.6) is 0 Å². The van der Waals surface area contributed by atoms with Crippen LogP contribution in [0.2, 0.25) is 0 Å². The van der Waals surface area contributed by atoms with E-state index in [1.54, 1.807) is 0 Å². The quantitative estimate of drug-likeness (QED) is 0.174. The number of hydrogen-bond donors (Lipinski definition) is 0. The molecule has 0 saturated heterocycles. The molecule has 0 spiro atoms. The second-order valence-electron chi connectivity index (χ2n) is 10.4. The predicted octanol–water partition coefficient (Wildman–Crippen LogP) is 10.5. The first-order valence-corrected chi connectivity index (χ1v) is 13.6. The molecule has 0 aliphatic carbocycles. The van der Waals surface area contributed by atoms with Gasteiger partial charge in [0, 0.05) is 39.6 Å². The van der Waals surface area contributed by atoms with Crippen molar-refractivity contribution in [1.29, 1.82) is 0 Å². The van der Waals surface area contributed by atoms with Crippen LogP contribution in [-0.2, 0) is 0 Å². The number of pyridine rings is 1. The second kappa shape index (κ2) is 8.05. The van der Waals surface area contributed by atoms with Crippen molar-refractivity contribution in [2.24, 2.45) is 0 Å². The van der Waals surface area contributed by atoms with Gasteiger partial charge in [-0.1, -0.05) is 78.9 Å². The normalized spacial score (nSPS) is 12.0. The van der Waals surface area contributed by atoms with Gasteiger partial charge in [0.25, 0.3) is 0 Å². The van der Waals surface area contributed by atoms with Crippen LogP contribution in [0, 0.1) is 0 Å². The fraction of sp³-hybridized carbons (Fsp3) is 0. The maximum Gasteiger partial charge on any atom is 0.227 e. The number of para-hydroxylation sites is 2. The summed E-state index contributed by atoms with van der Waals surface area (Å²) in [7, 11) is 0. The molecule has 0 N–H and O–H groups in total. The summed E-state index contributed by atoms with van der Waals surface area (Å²) in [5.74, 6) is 0. The van der Waals surface area contributed by atoms with Gasteiger partial charge in [0.1, 0.15) is 5.58 Å². The van der Waals surface area contributed by atoms with Crippen molar-refractivity contribution >= 4 is 71.4 Å². The Morgan fingerprint density at radius 3 is 2.00 bits per heavy atom. The van der Waals surface area contributed by atoms with E-state index in [1.807, 2.05) is 6.20 Å². The van der Waals surface area contributed by atoms with Gasteiger partial charge in [-0.15, -0.1) is 0 Å². The van der Waals surface area contributed by atoms with Crippen LogP contribution in [0.3, 0.4) is 0 Å². The smallest absolute Gasteiger partial charge is 0.227 e. The van der Waals surface area contributed by atoms with Gasteiger partial charge >= 0.3 is 0 Å². The number of aromatic nitrogens is 1. The van der Waals surface area contributed by atoms with E-state index in [4.69, 9.17) is 4.42 Å². The van der Waals surface area contributed by atoms with Crippen LogP contribution < -0.4 is 4.90 Å². The molecule has 3 heteroatoms. The lowest BCUT2D eigenvalue weighted by atomic mass is 9.88. The monoisotopic (exact) mass is 510 g/mol. The highest BCUT2D eigenvalue weighted by Gasteiger charge is 2.24. The molecule has 0 aliphatic rings. The average molecular weight is 511 g/mol. The SMILES string of the molecule is c1ccc(N(c2ccccc2)c2cccc(-c3cc4ccc5cccc6c7ccnc8oc3c(c87)c4c56)c2)cc1. The number of fused-ring (bicyclic) bond motifs is 1. The third-order valence-electron chi connectivity index (χ3n) is 8.20. The van der Waals surface area contributed by atoms with E-state index in [1.165, 1.54) is 37.7 Å². The minimum absolute atomic E-state index is 0.694. The lowest BCUT2D eigenvalue weighted by molar-refractivity contribution is 0.655. The molecule has 9 rings (SSSR count). The lowest BCUT2D eigenvalue weighted by Crippen LogP contribution is -2.09. The van der Waals surface area contributed by atoms with Gasteiger partial charge < -0.3 is 9.32 Å². The first kappa shape index (κ1) is 21.5. The second-order valence-corrected chi connectivity index (χ2v) is 10.4. The number of furan rings is 1. The first-order valence-electron chi connectivity index (χ1n) is 13.6. The van der Waals surface area contributed by atoms with Crippen LogP contribution in [-0.4, -0.2) is 4.98 Å². The zero-order valence-electron chi connectivity index (χ0n) is 21.5. The largest absolute Gasteiger partial charge is 0.437 e. The van der Waals surface area contributed by atoms with Gasteiger partial charge in [0.15, 0.2) is 0 Å². The van der Waals surface area contributed by atoms with Gasteiger partial charge in [-0.05, 0) is 81.0 Å². The molecule has 0 radical (unpaired) electrons. The molecule has 186 valence electrons. The molecule has 3 nitrogen and oxygen atoms in total. The number of rotatable bonds is 4. The van der Waals surface area contributed by atoms with Gasteiger partial charge in [-0.2, -0.15) is 0 Å². The summed E-state index contributed by atoms with van der Waals surface area (Å²) in [6, 6.07) is 45.2. The van der Waals surface area contributed by atoms with E-state index >= 15 is 0 Å². The molecule has 0 fully saturated rings. The Kier molecular flexibility index (Phi) is 4.33. The van der Waals surface area contributed by atoms with Crippen LogP contribution >= 0.6 is 0 Å².